The molecule has 0 spiro atoms. The van der Waals surface area contributed by atoms with E-state index < -0.39 is 0 Å². The second-order valence-corrected chi connectivity index (χ2v) is 5.44. The summed E-state index contributed by atoms with van der Waals surface area (Å²) in [5, 5.41) is 10.4. The average molecular weight is 242 g/mol. The highest BCUT2D eigenvalue weighted by Gasteiger charge is 2.29. The van der Waals surface area contributed by atoms with Crippen molar-refractivity contribution in [3.05, 3.63) is 33.9 Å². The first-order valence-corrected chi connectivity index (χ1v) is 6.67. The van der Waals surface area contributed by atoms with Gasteiger partial charge in [0, 0.05) is 12.0 Å². The molecule has 2 aliphatic rings. The van der Waals surface area contributed by atoms with E-state index in [0.29, 0.717) is 12.2 Å². The predicted octanol–water partition coefficient (Wildman–Crippen LogP) is 3.46. The van der Waals surface area contributed by atoms with Gasteiger partial charge in [-0.3, -0.25) is 4.79 Å². The van der Waals surface area contributed by atoms with Crippen molar-refractivity contribution in [1.29, 1.82) is 0 Å². The molecule has 18 heavy (non-hydrogen) atoms. The Morgan fingerprint density at radius 2 is 1.78 bits per heavy atom. The normalized spacial score (nSPS) is 18.7. The van der Waals surface area contributed by atoms with Crippen LogP contribution in [0, 0.1) is 13.8 Å². The molecule has 1 aromatic rings. The third kappa shape index (κ3) is 1.52. The maximum absolute atomic E-state index is 12.1. The number of Topliss-reactive ketones (excluding diaryl/α,β-unsaturated/α-hetero) is 1. The first-order valence-electron chi connectivity index (χ1n) is 6.67. The number of hydrogen-bond donors (Lipinski definition) is 1. The molecule has 0 heterocycles. The molecule has 0 aliphatic heterocycles. The van der Waals surface area contributed by atoms with Gasteiger partial charge in [0.05, 0.1) is 0 Å². The molecule has 1 aromatic carbocycles. The van der Waals surface area contributed by atoms with Crippen molar-refractivity contribution in [1.82, 2.24) is 0 Å². The average Bonchev–Trinajstić information content (AvgIpc) is 2.77. The van der Waals surface area contributed by atoms with Crippen LogP contribution < -0.4 is 0 Å². The van der Waals surface area contributed by atoms with Crippen LogP contribution >= 0.6 is 0 Å². The van der Waals surface area contributed by atoms with Crippen LogP contribution in [0.5, 0.6) is 5.75 Å². The number of hydrogen-bond acceptors (Lipinski definition) is 2. The number of aromatic hydroxyl groups is 1. The SMILES string of the molecule is Cc1cc2c(c(O)c1C)C1=C(CCC1)C(=O)CC2. The maximum Gasteiger partial charge on any atom is 0.159 e. The van der Waals surface area contributed by atoms with E-state index in [1.807, 2.05) is 13.8 Å². The van der Waals surface area contributed by atoms with Crippen LogP contribution in [0.2, 0.25) is 0 Å². The number of aryl methyl sites for hydroxylation is 2. The summed E-state index contributed by atoms with van der Waals surface area (Å²) in [5.41, 5.74) is 6.27. The minimum absolute atomic E-state index is 0.286. The standard InChI is InChI=1S/C16H18O2/c1-9-8-11-6-7-14(17)12-4-3-5-13(12)15(11)16(18)10(9)2/h8,18H,3-7H2,1-2H3. The van der Waals surface area contributed by atoms with Crippen LogP contribution in [0.3, 0.4) is 0 Å². The van der Waals surface area contributed by atoms with Gasteiger partial charge in [0.25, 0.3) is 0 Å². The van der Waals surface area contributed by atoms with Crippen molar-refractivity contribution in [2.75, 3.05) is 0 Å². The number of fused-ring (bicyclic) bond motifs is 2. The van der Waals surface area contributed by atoms with Gasteiger partial charge in [-0.2, -0.15) is 0 Å². The lowest BCUT2D eigenvalue weighted by Crippen LogP contribution is -2.00. The Morgan fingerprint density at radius 1 is 1.06 bits per heavy atom. The van der Waals surface area contributed by atoms with E-state index in [4.69, 9.17) is 0 Å². The summed E-state index contributed by atoms with van der Waals surface area (Å²) < 4.78 is 0. The molecule has 0 fully saturated rings. The third-order valence-corrected chi connectivity index (χ3v) is 4.37. The Kier molecular flexibility index (Phi) is 2.54. The molecule has 0 amide bonds. The lowest BCUT2D eigenvalue weighted by atomic mass is 9.91. The molecule has 0 bridgehead atoms. The molecule has 0 atom stereocenters. The fraction of sp³-hybridized carbons (Fsp3) is 0.438. The Balaban J connectivity index is 2.31. The van der Waals surface area contributed by atoms with E-state index in [9.17, 15) is 9.90 Å². The molecule has 3 rings (SSSR count). The zero-order valence-corrected chi connectivity index (χ0v) is 11.0. The maximum atomic E-state index is 12.1. The number of carbonyl (C=O) groups is 1. The van der Waals surface area contributed by atoms with Crippen molar-refractivity contribution in [2.24, 2.45) is 0 Å². The quantitative estimate of drug-likeness (QED) is 0.756. The van der Waals surface area contributed by atoms with Crippen molar-refractivity contribution in [2.45, 2.75) is 46.0 Å². The van der Waals surface area contributed by atoms with Gasteiger partial charge in [-0.05, 0) is 67.4 Å². The Bertz CT molecular complexity index is 579. The van der Waals surface area contributed by atoms with Crippen molar-refractivity contribution in [3.8, 4) is 5.75 Å². The van der Waals surface area contributed by atoms with Crippen LogP contribution in [0.15, 0.2) is 11.6 Å². The number of rotatable bonds is 0. The Morgan fingerprint density at radius 3 is 2.56 bits per heavy atom. The number of phenols is 1. The molecule has 2 heteroatoms. The molecular formula is C16H18O2. The second kappa shape index (κ2) is 3.98. The van der Waals surface area contributed by atoms with Crippen LogP contribution in [-0.4, -0.2) is 10.9 Å². The molecule has 2 aliphatic carbocycles. The molecular weight excluding hydrogens is 224 g/mol. The summed E-state index contributed by atoms with van der Waals surface area (Å²) in [5.74, 6) is 0.683. The topological polar surface area (TPSA) is 37.3 Å². The first-order chi connectivity index (χ1) is 8.59. The molecule has 94 valence electrons. The fourth-order valence-electron chi connectivity index (χ4n) is 3.23. The smallest absolute Gasteiger partial charge is 0.159 e. The van der Waals surface area contributed by atoms with Crippen LogP contribution in [0.4, 0.5) is 0 Å². The monoisotopic (exact) mass is 242 g/mol. The molecule has 0 radical (unpaired) electrons. The fourth-order valence-corrected chi connectivity index (χ4v) is 3.23. The van der Waals surface area contributed by atoms with E-state index in [1.54, 1.807) is 0 Å². The zero-order valence-electron chi connectivity index (χ0n) is 11.0. The van der Waals surface area contributed by atoms with Gasteiger partial charge in [-0.25, -0.2) is 0 Å². The summed E-state index contributed by atoms with van der Waals surface area (Å²) in [6, 6.07) is 2.14. The predicted molar refractivity (Wildman–Crippen MR) is 71.7 cm³/mol. The lowest BCUT2D eigenvalue weighted by Gasteiger charge is -2.15. The van der Waals surface area contributed by atoms with Crippen LogP contribution in [0.25, 0.3) is 5.57 Å². The van der Waals surface area contributed by atoms with E-state index in [1.165, 1.54) is 0 Å². The van der Waals surface area contributed by atoms with Crippen molar-refractivity contribution in [3.63, 3.8) is 0 Å². The van der Waals surface area contributed by atoms with Gasteiger partial charge < -0.3 is 5.11 Å². The highest BCUT2D eigenvalue weighted by Crippen LogP contribution is 2.44. The molecule has 1 N–H and O–H groups in total. The summed E-state index contributed by atoms with van der Waals surface area (Å²) in [6.07, 6.45) is 4.22. The summed E-state index contributed by atoms with van der Waals surface area (Å²) >= 11 is 0. The molecule has 0 saturated heterocycles. The number of benzene rings is 1. The van der Waals surface area contributed by atoms with E-state index in [0.717, 1.165) is 59.1 Å². The van der Waals surface area contributed by atoms with E-state index >= 15 is 0 Å². The number of carbonyl (C=O) groups excluding carboxylic acids is 1. The largest absolute Gasteiger partial charge is 0.507 e. The zero-order chi connectivity index (χ0) is 12.9. The first kappa shape index (κ1) is 11.5. The van der Waals surface area contributed by atoms with Crippen LogP contribution in [-0.2, 0) is 11.2 Å². The van der Waals surface area contributed by atoms with Crippen molar-refractivity contribution >= 4 is 11.4 Å². The number of ketones is 1. The Labute approximate surface area is 107 Å². The van der Waals surface area contributed by atoms with Crippen molar-refractivity contribution < 1.29 is 9.90 Å². The summed E-state index contributed by atoms with van der Waals surface area (Å²) in [4.78, 5) is 12.1. The van der Waals surface area contributed by atoms with Gasteiger partial charge >= 0.3 is 0 Å². The van der Waals surface area contributed by atoms with E-state index in [-0.39, 0.29) is 5.78 Å². The highest BCUT2D eigenvalue weighted by atomic mass is 16.3. The van der Waals surface area contributed by atoms with Gasteiger partial charge in [-0.1, -0.05) is 6.07 Å². The van der Waals surface area contributed by atoms with Gasteiger partial charge in [0.2, 0.25) is 0 Å². The third-order valence-electron chi connectivity index (χ3n) is 4.37. The molecule has 0 unspecified atom stereocenters. The molecule has 2 nitrogen and oxygen atoms in total. The lowest BCUT2D eigenvalue weighted by molar-refractivity contribution is -0.115. The van der Waals surface area contributed by atoms with Gasteiger partial charge in [0.15, 0.2) is 5.78 Å². The van der Waals surface area contributed by atoms with Gasteiger partial charge in [0.1, 0.15) is 5.75 Å². The minimum atomic E-state index is 0.286. The molecule has 0 aromatic heterocycles. The highest BCUT2D eigenvalue weighted by molar-refractivity contribution is 6.05. The summed E-state index contributed by atoms with van der Waals surface area (Å²) in [7, 11) is 0. The molecule has 0 saturated carbocycles. The van der Waals surface area contributed by atoms with Gasteiger partial charge in [-0.15, -0.1) is 0 Å². The Hall–Kier alpha value is -1.57. The number of allylic oxidation sites excluding steroid dienone is 2. The summed E-state index contributed by atoms with van der Waals surface area (Å²) in [6.45, 7) is 3.97. The number of phenolic OH excluding ortho intramolecular Hbond substituents is 1. The van der Waals surface area contributed by atoms with E-state index in [2.05, 4.69) is 6.07 Å². The second-order valence-electron chi connectivity index (χ2n) is 5.44. The minimum Gasteiger partial charge on any atom is -0.507 e. The van der Waals surface area contributed by atoms with Crippen LogP contribution in [0.1, 0.15) is 47.9 Å².